The molecule has 18 heavy (non-hydrogen) atoms. The molecular weight excluding hydrogens is 220 g/mol. The lowest BCUT2D eigenvalue weighted by Crippen LogP contribution is -2.29. The maximum absolute atomic E-state index is 6.02. The number of ether oxygens (including phenoxy) is 1. The summed E-state index contributed by atoms with van der Waals surface area (Å²) in [5.41, 5.74) is 1.04. The van der Waals surface area contributed by atoms with Crippen molar-refractivity contribution in [3.63, 3.8) is 0 Å². The van der Waals surface area contributed by atoms with Gasteiger partial charge in [-0.05, 0) is 30.9 Å². The minimum Gasteiger partial charge on any atom is -0.362 e. The fraction of sp³-hybridized carbons (Fsp3) is 0.529. The highest BCUT2D eigenvalue weighted by atomic mass is 16.5. The Kier molecular flexibility index (Phi) is 5.95. The van der Waals surface area contributed by atoms with Crippen molar-refractivity contribution >= 4 is 0 Å². The van der Waals surface area contributed by atoms with E-state index in [0.717, 1.165) is 5.56 Å². The van der Waals surface area contributed by atoms with Crippen LogP contribution in [-0.2, 0) is 4.74 Å². The third kappa shape index (κ3) is 4.94. The van der Waals surface area contributed by atoms with Gasteiger partial charge in [-0.3, -0.25) is 0 Å². The van der Waals surface area contributed by atoms with Gasteiger partial charge in [0.05, 0.1) is 6.10 Å². The summed E-state index contributed by atoms with van der Waals surface area (Å²) >= 11 is 0. The molecule has 1 atom stereocenters. The fourth-order valence-electron chi connectivity index (χ4n) is 2.06. The Morgan fingerprint density at radius 3 is 1.94 bits per heavy atom. The lowest BCUT2D eigenvalue weighted by atomic mass is 9.96. The second-order valence-corrected chi connectivity index (χ2v) is 5.37. The molecule has 0 saturated heterocycles. The van der Waals surface area contributed by atoms with Crippen LogP contribution in [0.1, 0.15) is 40.2 Å². The maximum atomic E-state index is 6.02. The summed E-state index contributed by atoms with van der Waals surface area (Å²) in [6.07, 6.45) is 0.241. The highest BCUT2D eigenvalue weighted by molar-refractivity contribution is 5.34. The van der Waals surface area contributed by atoms with Crippen molar-refractivity contribution in [2.75, 3.05) is 0 Å². The second kappa shape index (κ2) is 7.24. The number of hydrogen-bond acceptors (Lipinski definition) is 1. The van der Waals surface area contributed by atoms with Gasteiger partial charge in [0.25, 0.3) is 0 Å². The molecule has 0 amide bonds. The van der Waals surface area contributed by atoms with Crippen molar-refractivity contribution in [1.29, 1.82) is 0 Å². The van der Waals surface area contributed by atoms with Crippen molar-refractivity contribution in [3.8, 4) is 11.8 Å². The molecule has 0 aliphatic heterocycles. The zero-order valence-electron chi connectivity index (χ0n) is 12.1. The van der Waals surface area contributed by atoms with Gasteiger partial charge < -0.3 is 4.74 Å². The molecule has 0 aliphatic carbocycles. The molecule has 1 unspecified atom stereocenters. The average Bonchev–Trinajstić information content (AvgIpc) is 2.34. The van der Waals surface area contributed by atoms with Crippen molar-refractivity contribution in [3.05, 3.63) is 35.9 Å². The lowest BCUT2D eigenvalue weighted by molar-refractivity contribution is -0.0284. The van der Waals surface area contributed by atoms with Crippen LogP contribution in [-0.4, -0.2) is 12.2 Å². The highest BCUT2D eigenvalue weighted by Gasteiger charge is 2.19. The Morgan fingerprint density at radius 1 is 0.889 bits per heavy atom. The first-order chi connectivity index (χ1) is 8.50. The molecule has 1 rings (SSSR count). The van der Waals surface area contributed by atoms with Gasteiger partial charge in [-0.25, -0.2) is 0 Å². The van der Waals surface area contributed by atoms with Gasteiger partial charge in [-0.1, -0.05) is 57.7 Å². The van der Waals surface area contributed by atoms with E-state index in [1.165, 1.54) is 0 Å². The summed E-state index contributed by atoms with van der Waals surface area (Å²) in [6.45, 7) is 10.8. The highest BCUT2D eigenvalue weighted by Crippen LogP contribution is 2.17. The van der Waals surface area contributed by atoms with Crippen LogP contribution in [0.15, 0.2) is 30.3 Å². The first-order valence-corrected chi connectivity index (χ1v) is 6.72. The van der Waals surface area contributed by atoms with Gasteiger partial charge >= 0.3 is 0 Å². The Bertz CT molecular complexity index is 387. The van der Waals surface area contributed by atoms with Crippen LogP contribution in [0.3, 0.4) is 0 Å². The zero-order chi connectivity index (χ0) is 13.5. The molecular formula is C17H24O. The van der Waals surface area contributed by atoms with Crippen LogP contribution >= 0.6 is 0 Å². The van der Waals surface area contributed by atoms with E-state index in [9.17, 15) is 0 Å². The summed E-state index contributed by atoms with van der Waals surface area (Å²) in [5.74, 6) is 7.36. The third-order valence-corrected chi connectivity index (χ3v) is 2.87. The van der Waals surface area contributed by atoms with Crippen LogP contribution in [0, 0.1) is 23.7 Å². The molecule has 0 spiro atoms. The molecule has 1 aromatic rings. The van der Waals surface area contributed by atoms with E-state index in [-0.39, 0.29) is 12.2 Å². The van der Waals surface area contributed by atoms with Gasteiger partial charge in [0.15, 0.2) is 0 Å². The first-order valence-electron chi connectivity index (χ1n) is 6.72. The van der Waals surface area contributed by atoms with Gasteiger partial charge in [-0.15, -0.1) is 0 Å². The minimum atomic E-state index is -0.0278. The summed E-state index contributed by atoms with van der Waals surface area (Å²) < 4.78 is 6.02. The Hall–Kier alpha value is -1.26. The molecule has 0 N–H and O–H groups in total. The van der Waals surface area contributed by atoms with Crippen molar-refractivity contribution < 1.29 is 4.74 Å². The molecule has 0 heterocycles. The number of benzene rings is 1. The molecule has 1 nitrogen and oxygen atoms in total. The average molecular weight is 244 g/mol. The quantitative estimate of drug-likeness (QED) is 0.724. The molecule has 1 aromatic carbocycles. The van der Waals surface area contributed by atoms with Gasteiger partial charge in [0.2, 0.25) is 0 Å². The van der Waals surface area contributed by atoms with Crippen LogP contribution in [0.5, 0.6) is 0 Å². The summed E-state index contributed by atoms with van der Waals surface area (Å²) in [7, 11) is 0. The van der Waals surface area contributed by atoms with Gasteiger partial charge in [-0.2, -0.15) is 0 Å². The van der Waals surface area contributed by atoms with E-state index in [1.54, 1.807) is 0 Å². The van der Waals surface area contributed by atoms with Gasteiger partial charge in [0.1, 0.15) is 6.10 Å². The van der Waals surface area contributed by atoms with E-state index in [4.69, 9.17) is 4.74 Å². The van der Waals surface area contributed by atoms with E-state index in [0.29, 0.717) is 11.8 Å². The second-order valence-electron chi connectivity index (χ2n) is 5.37. The van der Waals surface area contributed by atoms with Crippen LogP contribution in [0.25, 0.3) is 0 Å². The van der Waals surface area contributed by atoms with Crippen molar-refractivity contribution in [2.45, 2.75) is 46.8 Å². The fourth-order valence-corrected chi connectivity index (χ4v) is 2.06. The van der Waals surface area contributed by atoms with E-state index < -0.39 is 0 Å². The van der Waals surface area contributed by atoms with Crippen LogP contribution in [0.4, 0.5) is 0 Å². The Morgan fingerprint density at radius 2 is 1.44 bits per heavy atom. The summed E-state index contributed by atoms with van der Waals surface area (Å²) in [4.78, 5) is 0. The van der Waals surface area contributed by atoms with Crippen LogP contribution < -0.4 is 0 Å². The largest absolute Gasteiger partial charge is 0.362 e. The van der Waals surface area contributed by atoms with Crippen molar-refractivity contribution in [2.24, 2.45) is 11.8 Å². The third-order valence-electron chi connectivity index (χ3n) is 2.87. The maximum Gasteiger partial charge on any atom is 0.116 e. The first kappa shape index (κ1) is 14.8. The SMILES string of the molecule is CC(C#Cc1ccccc1)OC(C(C)C)C(C)C. The zero-order valence-corrected chi connectivity index (χ0v) is 12.1. The van der Waals surface area contributed by atoms with Crippen LogP contribution in [0.2, 0.25) is 0 Å². The normalized spacial score (nSPS) is 12.7. The molecule has 98 valence electrons. The lowest BCUT2D eigenvalue weighted by Gasteiger charge is -2.26. The summed E-state index contributed by atoms with van der Waals surface area (Å²) in [5, 5.41) is 0. The predicted octanol–water partition coefficient (Wildman–Crippen LogP) is 4.12. The molecule has 0 saturated carbocycles. The van der Waals surface area contributed by atoms with E-state index in [1.807, 2.05) is 37.3 Å². The Labute approximate surface area is 112 Å². The smallest absolute Gasteiger partial charge is 0.116 e. The van der Waals surface area contributed by atoms with Crippen molar-refractivity contribution in [1.82, 2.24) is 0 Å². The van der Waals surface area contributed by atoms with Gasteiger partial charge in [0, 0.05) is 5.56 Å². The molecule has 0 fully saturated rings. The van der Waals surface area contributed by atoms with E-state index >= 15 is 0 Å². The molecule has 0 bridgehead atoms. The molecule has 0 radical (unpaired) electrons. The Balaban J connectivity index is 2.61. The van der Waals surface area contributed by atoms with E-state index in [2.05, 4.69) is 39.5 Å². The summed E-state index contributed by atoms with van der Waals surface area (Å²) in [6, 6.07) is 10.0. The molecule has 0 aliphatic rings. The number of rotatable bonds is 4. The molecule has 0 aromatic heterocycles. The topological polar surface area (TPSA) is 9.23 Å². The standard InChI is InChI=1S/C17H24O/c1-13(2)17(14(3)4)18-15(5)11-12-16-9-7-6-8-10-16/h6-10,13-15,17H,1-5H3. The molecule has 1 heteroatoms. The predicted molar refractivity (Wildman–Crippen MR) is 77.3 cm³/mol. The number of hydrogen-bond donors (Lipinski definition) is 0. The minimum absolute atomic E-state index is 0.0278. The monoisotopic (exact) mass is 244 g/mol.